The van der Waals surface area contributed by atoms with Crippen molar-refractivity contribution >= 4 is 22.3 Å². The SMILES string of the molecule is CCCNc1sc(C)c(C)c1C(=O)OCC. The second kappa shape index (κ2) is 5.89. The molecule has 3 nitrogen and oxygen atoms in total. The molecule has 0 radical (unpaired) electrons. The molecule has 0 aromatic carbocycles. The molecule has 1 aromatic heterocycles. The van der Waals surface area contributed by atoms with Crippen molar-refractivity contribution in [3.63, 3.8) is 0 Å². The molecule has 1 N–H and O–H groups in total. The molecule has 16 heavy (non-hydrogen) atoms. The number of nitrogens with one attached hydrogen (secondary N) is 1. The van der Waals surface area contributed by atoms with Gasteiger partial charge in [0.1, 0.15) is 5.00 Å². The standard InChI is InChI=1S/C12H19NO2S/c1-5-7-13-11-10(12(14)15-6-2)8(3)9(4)16-11/h13H,5-7H2,1-4H3. The predicted molar refractivity (Wildman–Crippen MR) is 68.5 cm³/mol. The van der Waals surface area contributed by atoms with E-state index in [1.54, 1.807) is 11.3 Å². The van der Waals surface area contributed by atoms with Gasteiger partial charge in [0.2, 0.25) is 0 Å². The highest BCUT2D eigenvalue weighted by Crippen LogP contribution is 2.32. The molecule has 1 rings (SSSR count). The second-order valence-electron chi connectivity index (χ2n) is 3.63. The van der Waals surface area contributed by atoms with Crippen LogP contribution < -0.4 is 5.32 Å². The number of carbonyl (C=O) groups excluding carboxylic acids is 1. The van der Waals surface area contributed by atoms with Crippen LogP contribution in [0.2, 0.25) is 0 Å². The first-order chi connectivity index (χ1) is 7.61. The van der Waals surface area contributed by atoms with Crippen LogP contribution in [0.15, 0.2) is 0 Å². The quantitative estimate of drug-likeness (QED) is 0.803. The molecule has 0 saturated heterocycles. The minimum absolute atomic E-state index is 0.219. The summed E-state index contributed by atoms with van der Waals surface area (Å²) in [7, 11) is 0. The summed E-state index contributed by atoms with van der Waals surface area (Å²) >= 11 is 1.62. The number of carbonyl (C=O) groups is 1. The largest absolute Gasteiger partial charge is 0.462 e. The first-order valence-electron chi connectivity index (χ1n) is 5.62. The van der Waals surface area contributed by atoms with Crippen molar-refractivity contribution in [2.75, 3.05) is 18.5 Å². The zero-order chi connectivity index (χ0) is 12.1. The van der Waals surface area contributed by atoms with Gasteiger partial charge in [-0.25, -0.2) is 4.79 Å². The Morgan fingerprint density at radius 3 is 2.62 bits per heavy atom. The molecule has 0 bridgehead atoms. The fraction of sp³-hybridized carbons (Fsp3) is 0.583. The lowest BCUT2D eigenvalue weighted by Gasteiger charge is -2.06. The normalized spacial score (nSPS) is 10.2. The van der Waals surface area contributed by atoms with Crippen molar-refractivity contribution in [3.8, 4) is 0 Å². The Labute approximate surface area is 101 Å². The van der Waals surface area contributed by atoms with Gasteiger partial charge in [0.05, 0.1) is 12.2 Å². The maximum Gasteiger partial charge on any atom is 0.341 e. The molecule has 1 aromatic rings. The summed E-state index contributed by atoms with van der Waals surface area (Å²) in [6, 6.07) is 0. The van der Waals surface area contributed by atoms with Gasteiger partial charge in [-0.05, 0) is 32.8 Å². The third kappa shape index (κ3) is 2.76. The van der Waals surface area contributed by atoms with Crippen LogP contribution in [0.4, 0.5) is 5.00 Å². The van der Waals surface area contributed by atoms with Gasteiger partial charge in [-0.3, -0.25) is 0 Å². The lowest BCUT2D eigenvalue weighted by Crippen LogP contribution is -2.09. The summed E-state index contributed by atoms with van der Waals surface area (Å²) in [6.45, 7) is 9.22. The van der Waals surface area contributed by atoms with Crippen LogP contribution in [0.1, 0.15) is 41.1 Å². The minimum atomic E-state index is -0.219. The van der Waals surface area contributed by atoms with E-state index in [1.807, 2.05) is 20.8 Å². The summed E-state index contributed by atoms with van der Waals surface area (Å²) in [5.74, 6) is -0.219. The summed E-state index contributed by atoms with van der Waals surface area (Å²) in [5, 5.41) is 4.22. The molecule has 90 valence electrons. The first-order valence-corrected chi connectivity index (χ1v) is 6.44. The third-order valence-electron chi connectivity index (χ3n) is 2.40. The highest BCUT2D eigenvalue weighted by molar-refractivity contribution is 7.16. The smallest absolute Gasteiger partial charge is 0.341 e. The monoisotopic (exact) mass is 241 g/mol. The predicted octanol–water partition coefficient (Wildman–Crippen LogP) is 3.36. The number of anilines is 1. The van der Waals surface area contributed by atoms with Crippen molar-refractivity contribution in [2.45, 2.75) is 34.1 Å². The van der Waals surface area contributed by atoms with Crippen LogP contribution >= 0.6 is 11.3 Å². The molecule has 0 unspecified atom stereocenters. The molecule has 0 amide bonds. The van der Waals surface area contributed by atoms with Crippen LogP contribution in [-0.2, 0) is 4.74 Å². The fourth-order valence-corrected chi connectivity index (χ4v) is 2.51. The van der Waals surface area contributed by atoms with Gasteiger partial charge in [-0.1, -0.05) is 6.92 Å². The molecule has 4 heteroatoms. The van der Waals surface area contributed by atoms with Crippen molar-refractivity contribution < 1.29 is 9.53 Å². The molecule has 0 spiro atoms. The Balaban J connectivity index is 2.98. The fourth-order valence-electron chi connectivity index (χ4n) is 1.44. The van der Waals surface area contributed by atoms with E-state index < -0.39 is 0 Å². The van der Waals surface area contributed by atoms with Gasteiger partial charge < -0.3 is 10.1 Å². The van der Waals surface area contributed by atoms with Crippen LogP contribution in [0.5, 0.6) is 0 Å². The highest BCUT2D eigenvalue weighted by atomic mass is 32.1. The number of aryl methyl sites for hydroxylation is 1. The Hall–Kier alpha value is -1.03. The summed E-state index contributed by atoms with van der Waals surface area (Å²) < 4.78 is 5.07. The van der Waals surface area contributed by atoms with E-state index in [0.717, 1.165) is 23.5 Å². The van der Waals surface area contributed by atoms with Crippen LogP contribution in [0.25, 0.3) is 0 Å². The Kier molecular flexibility index (Phi) is 4.80. The van der Waals surface area contributed by atoms with Gasteiger partial charge in [0.15, 0.2) is 0 Å². The second-order valence-corrected chi connectivity index (χ2v) is 4.86. The van der Waals surface area contributed by atoms with Gasteiger partial charge in [-0.15, -0.1) is 11.3 Å². The molecule has 1 heterocycles. The van der Waals surface area contributed by atoms with Crippen molar-refractivity contribution in [1.29, 1.82) is 0 Å². The Bertz CT molecular complexity index is 371. The topological polar surface area (TPSA) is 38.3 Å². The zero-order valence-corrected chi connectivity index (χ0v) is 11.2. The summed E-state index contributed by atoms with van der Waals surface area (Å²) in [6.07, 6.45) is 1.04. The van der Waals surface area contributed by atoms with E-state index in [4.69, 9.17) is 4.74 Å². The first kappa shape index (κ1) is 13.0. The van der Waals surface area contributed by atoms with E-state index in [0.29, 0.717) is 12.2 Å². The number of hydrogen-bond donors (Lipinski definition) is 1. The Morgan fingerprint density at radius 1 is 1.38 bits per heavy atom. The van der Waals surface area contributed by atoms with E-state index in [2.05, 4.69) is 12.2 Å². The maximum absolute atomic E-state index is 11.8. The van der Waals surface area contributed by atoms with Gasteiger partial charge in [-0.2, -0.15) is 0 Å². The molecule has 0 fully saturated rings. The third-order valence-corrected chi connectivity index (χ3v) is 3.57. The Morgan fingerprint density at radius 2 is 2.06 bits per heavy atom. The highest BCUT2D eigenvalue weighted by Gasteiger charge is 2.19. The van der Waals surface area contributed by atoms with Gasteiger partial charge in [0.25, 0.3) is 0 Å². The minimum Gasteiger partial charge on any atom is -0.462 e. The van der Waals surface area contributed by atoms with Gasteiger partial charge >= 0.3 is 5.97 Å². The molecule has 0 atom stereocenters. The lowest BCUT2D eigenvalue weighted by atomic mass is 10.1. The van der Waals surface area contributed by atoms with Crippen molar-refractivity contribution in [1.82, 2.24) is 0 Å². The molecule has 0 aliphatic heterocycles. The number of hydrogen-bond acceptors (Lipinski definition) is 4. The van der Waals surface area contributed by atoms with Crippen molar-refractivity contribution in [2.24, 2.45) is 0 Å². The van der Waals surface area contributed by atoms with Crippen molar-refractivity contribution in [3.05, 3.63) is 16.0 Å². The molecule has 0 aliphatic rings. The summed E-state index contributed by atoms with van der Waals surface area (Å²) in [4.78, 5) is 13.0. The van der Waals surface area contributed by atoms with Crippen LogP contribution in [0.3, 0.4) is 0 Å². The average Bonchev–Trinajstić information content (AvgIpc) is 2.52. The zero-order valence-electron chi connectivity index (χ0n) is 10.3. The molecular weight excluding hydrogens is 222 g/mol. The number of ether oxygens (including phenoxy) is 1. The van der Waals surface area contributed by atoms with E-state index in [1.165, 1.54) is 4.88 Å². The molecule has 0 aliphatic carbocycles. The maximum atomic E-state index is 11.8. The van der Waals surface area contributed by atoms with Crippen LogP contribution in [-0.4, -0.2) is 19.1 Å². The van der Waals surface area contributed by atoms with E-state index in [-0.39, 0.29) is 5.97 Å². The number of esters is 1. The van der Waals surface area contributed by atoms with E-state index >= 15 is 0 Å². The van der Waals surface area contributed by atoms with Gasteiger partial charge in [0, 0.05) is 11.4 Å². The molecule has 0 saturated carbocycles. The number of rotatable bonds is 5. The average molecular weight is 241 g/mol. The number of thiophene rings is 1. The lowest BCUT2D eigenvalue weighted by molar-refractivity contribution is 0.0527. The summed E-state index contributed by atoms with van der Waals surface area (Å²) in [5.41, 5.74) is 1.74. The molecular formula is C12H19NO2S. The van der Waals surface area contributed by atoms with E-state index in [9.17, 15) is 4.79 Å². The van der Waals surface area contributed by atoms with Crippen LogP contribution in [0, 0.1) is 13.8 Å².